The molecule has 3 rings (SSSR count). The van der Waals surface area contributed by atoms with E-state index in [2.05, 4.69) is 38.4 Å². The molecule has 7 nitrogen and oxygen atoms in total. The third-order valence-corrected chi connectivity index (χ3v) is 4.65. The van der Waals surface area contributed by atoms with Gasteiger partial charge in [-0.15, -0.1) is 0 Å². The Morgan fingerprint density at radius 2 is 2.08 bits per heavy atom. The normalized spacial score (nSPS) is 18.0. The van der Waals surface area contributed by atoms with E-state index in [4.69, 9.17) is 4.99 Å². The Kier molecular flexibility index (Phi) is 6.68. The largest absolute Gasteiger partial charge is 0.357 e. The molecule has 1 aromatic heterocycles. The fourth-order valence-electron chi connectivity index (χ4n) is 3.07. The second-order valence-electron chi connectivity index (χ2n) is 6.84. The minimum atomic E-state index is 0.164. The van der Waals surface area contributed by atoms with Crippen molar-refractivity contribution in [2.24, 2.45) is 4.99 Å². The number of nitrogens with one attached hydrogen (secondary N) is 2. The molecular formula is C19H30N6O. The van der Waals surface area contributed by atoms with Crippen LogP contribution in [-0.2, 0) is 4.79 Å². The van der Waals surface area contributed by atoms with Gasteiger partial charge in [0, 0.05) is 57.9 Å². The van der Waals surface area contributed by atoms with Crippen LogP contribution in [0, 0.1) is 0 Å². The van der Waals surface area contributed by atoms with Crippen molar-refractivity contribution >= 4 is 17.7 Å². The number of pyridine rings is 1. The van der Waals surface area contributed by atoms with Gasteiger partial charge in [0.2, 0.25) is 5.91 Å². The number of guanidine groups is 1. The number of hydrogen-bond acceptors (Lipinski definition) is 4. The predicted molar refractivity (Wildman–Crippen MR) is 104 cm³/mol. The van der Waals surface area contributed by atoms with Crippen LogP contribution < -0.4 is 15.5 Å². The summed E-state index contributed by atoms with van der Waals surface area (Å²) >= 11 is 0. The summed E-state index contributed by atoms with van der Waals surface area (Å²) in [5.74, 6) is 2.16. The number of anilines is 1. The minimum absolute atomic E-state index is 0.164. The van der Waals surface area contributed by atoms with Crippen LogP contribution in [0.3, 0.4) is 0 Å². The number of rotatable bonds is 7. The molecule has 2 aliphatic rings. The lowest BCUT2D eigenvalue weighted by Crippen LogP contribution is -2.52. The van der Waals surface area contributed by atoms with Crippen molar-refractivity contribution < 1.29 is 4.79 Å². The summed E-state index contributed by atoms with van der Waals surface area (Å²) in [4.78, 5) is 25.5. The first-order valence-corrected chi connectivity index (χ1v) is 9.75. The van der Waals surface area contributed by atoms with Crippen molar-refractivity contribution in [3.63, 3.8) is 0 Å². The summed E-state index contributed by atoms with van der Waals surface area (Å²) in [6.07, 6.45) is 5.47. The number of piperazine rings is 1. The summed E-state index contributed by atoms with van der Waals surface area (Å²) in [5.41, 5.74) is 0. The molecule has 2 heterocycles. The molecule has 1 saturated carbocycles. The number of amides is 1. The van der Waals surface area contributed by atoms with E-state index in [1.54, 1.807) is 0 Å². The van der Waals surface area contributed by atoms with E-state index in [0.29, 0.717) is 19.0 Å². The Balaban J connectivity index is 1.44. The van der Waals surface area contributed by atoms with Crippen molar-refractivity contribution in [1.82, 2.24) is 20.5 Å². The first kappa shape index (κ1) is 18.5. The lowest BCUT2D eigenvalue weighted by Gasteiger charge is -2.37. The van der Waals surface area contributed by atoms with E-state index in [-0.39, 0.29) is 5.91 Å². The summed E-state index contributed by atoms with van der Waals surface area (Å²) in [6.45, 7) is 7.33. The molecule has 0 spiro atoms. The molecular weight excluding hydrogens is 328 g/mol. The highest BCUT2D eigenvalue weighted by molar-refractivity contribution is 5.80. The average molecular weight is 358 g/mol. The van der Waals surface area contributed by atoms with Crippen LogP contribution in [0.1, 0.15) is 32.6 Å². The van der Waals surface area contributed by atoms with Gasteiger partial charge in [0.25, 0.3) is 0 Å². The topological polar surface area (TPSA) is 72.9 Å². The predicted octanol–water partition coefficient (Wildman–Crippen LogP) is 1.23. The molecule has 2 N–H and O–H groups in total. The van der Waals surface area contributed by atoms with Gasteiger partial charge in [0.1, 0.15) is 5.82 Å². The fourth-order valence-corrected chi connectivity index (χ4v) is 3.07. The summed E-state index contributed by atoms with van der Waals surface area (Å²) in [6, 6.07) is 6.47. The van der Waals surface area contributed by atoms with Crippen molar-refractivity contribution in [2.75, 3.05) is 44.2 Å². The molecule has 7 heteroatoms. The zero-order valence-corrected chi connectivity index (χ0v) is 15.7. The molecule has 0 bridgehead atoms. The molecule has 1 saturated heterocycles. The Bertz CT molecular complexity index is 593. The third-order valence-electron chi connectivity index (χ3n) is 4.65. The summed E-state index contributed by atoms with van der Waals surface area (Å²) < 4.78 is 0. The smallest absolute Gasteiger partial charge is 0.220 e. The minimum Gasteiger partial charge on any atom is -0.357 e. The monoisotopic (exact) mass is 358 g/mol. The van der Waals surface area contributed by atoms with Gasteiger partial charge in [-0.1, -0.05) is 6.07 Å². The molecule has 1 aromatic rings. The van der Waals surface area contributed by atoms with Crippen LogP contribution in [0.5, 0.6) is 0 Å². The van der Waals surface area contributed by atoms with Crippen LogP contribution >= 0.6 is 0 Å². The average Bonchev–Trinajstić information content (AvgIpc) is 3.49. The highest BCUT2D eigenvalue weighted by atomic mass is 16.1. The van der Waals surface area contributed by atoms with Gasteiger partial charge < -0.3 is 20.4 Å². The maximum Gasteiger partial charge on any atom is 0.220 e. The lowest BCUT2D eigenvalue weighted by atomic mass is 10.3. The van der Waals surface area contributed by atoms with Gasteiger partial charge in [0.15, 0.2) is 5.96 Å². The van der Waals surface area contributed by atoms with Crippen molar-refractivity contribution in [1.29, 1.82) is 0 Å². The highest BCUT2D eigenvalue weighted by Gasteiger charge is 2.23. The first-order valence-electron chi connectivity index (χ1n) is 9.75. The van der Waals surface area contributed by atoms with Crippen LogP contribution in [-0.4, -0.2) is 67.1 Å². The molecule has 1 aliphatic carbocycles. The molecule has 1 amide bonds. The SMILES string of the molecule is CCNC(=NCCCC(=O)NC1CC1)N1CCN(c2ccccn2)CC1. The van der Waals surface area contributed by atoms with E-state index in [1.165, 1.54) is 0 Å². The maximum absolute atomic E-state index is 11.7. The lowest BCUT2D eigenvalue weighted by molar-refractivity contribution is -0.121. The molecule has 0 aromatic carbocycles. The van der Waals surface area contributed by atoms with Gasteiger partial charge in [-0.05, 0) is 38.3 Å². The van der Waals surface area contributed by atoms with Gasteiger partial charge in [0.05, 0.1) is 0 Å². The quantitative estimate of drug-likeness (QED) is 0.436. The van der Waals surface area contributed by atoms with Gasteiger partial charge in [-0.3, -0.25) is 9.79 Å². The standard InChI is InChI=1S/C19H30N6O/c1-2-20-19(22-11-5-7-18(26)23-16-8-9-16)25-14-12-24(13-15-25)17-6-3-4-10-21-17/h3-4,6,10,16H,2,5,7-9,11-15H2,1H3,(H,20,22)(H,23,26). The van der Waals surface area contributed by atoms with Crippen LogP contribution in [0.2, 0.25) is 0 Å². The molecule has 2 fully saturated rings. The van der Waals surface area contributed by atoms with E-state index in [9.17, 15) is 4.79 Å². The number of aliphatic imine (C=N–C) groups is 1. The number of carbonyl (C=O) groups excluding carboxylic acids is 1. The van der Waals surface area contributed by atoms with E-state index in [0.717, 1.165) is 63.8 Å². The van der Waals surface area contributed by atoms with E-state index in [1.807, 2.05) is 18.3 Å². The molecule has 26 heavy (non-hydrogen) atoms. The van der Waals surface area contributed by atoms with Crippen LogP contribution in [0.25, 0.3) is 0 Å². The van der Waals surface area contributed by atoms with Crippen molar-refractivity contribution in [3.05, 3.63) is 24.4 Å². The van der Waals surface area contributed by atoms with Gasteiger partial charge >= 0.3 is 0 Å². The molecule has 0 radical (unpaired) electrons. The Morgan fingerprint density at radius 3 is 2.73 bits per heavy atom. The molecule has 0 unspecified atom stereocenters. The number of nitrogens with zero attached hydrogens (tertiary/aromatic N) is 4. The maximum atomic E-state index is 11.7. The van der Waals surface area contributed by atoms with Crippen LogP contribution in [0.15, 0.2) is 29.4 Å². The van der Waals surface area contributed by atoms with E-state index >= 15 is 0 Å². The van der Waals surface area contributed by atoms with Crippen LogP contribution in [0.4, 0.5) is 5.82 Å². The molecule has 1 aliphatic heterocycles. The second-order valence-corrected chi connectivity index (χ2v) is 6.84. The summed E-state index contributed by atoms with van der Waals surface area (Å²) in [7, 11) is 0. The number of hydrogen-bond donors (Lipinski definition) is 2. The second kappa shape index (κ2) is 9.40. The zero-order chi connectivity index (χ0) is 18.2. The zero-order valence-electron chi connectivity index (χ0n) is 15.7. The highest BCUT2D eigenvalue weighted by Crippen LogP contribution is 2.18. The van der Waals surface area contributed by atoms with E-state index < -0.39 is 0 Å². The fraction of sp³-hybridized carbons (Fsp3) is 0.632. The molecule has 142 valence electrons. The van der Waals surface area contributed by atoms with Crippen molar-refractivity contribution in [2.45, 2.75) is 38.6 Å². The Labute approximate surface area is 155 Å². The van der Waals surface area contributed by atoms with Crippen molar-refractivity contribution in [3.8, 4) is 0 Å². The number of aromatic nitrogens is 1. The third kappa shape index (κ3) is 5.61. The summed E-state index contributed by atoms with van der Waals surface area (Å²) in [5, 5.41) is 6.40. The Morgan fingerprint density at radius 1 is 1.27 bits per heavy atom. The first-order chi connectivity index (χ1) is 12.8. The number of carbonyl (C=O) groups is 1. The molecule has 0 atom stereocenters. The van der Waals surface area contributed by atoms with Gasteiger partial charge in [-0.25, -0.2) is 4.98 Å². The van der Waals surface area contributed by atoms with Gasteiger partial charge in [-0.2, -0.15) is 0 Å². The Hall–Kier alpha value is -2.31.